The molecule has 0 bridgehead atoms. The lowest BCUT2D eigenvalue weighted by Gasteiger charge is -2.24. The van der Waals surface area contributed by atoms with Crippen molar-refractivity contribution in [3.63, 3.8) is 0 Å². The third-order valence-corrected chi connectivity index (χ3v) is 6.13. The van der Waals surface area contributed by atoms with Crippen LogP contribution in [0.2, 0.25) is 0 Å². The molecule has 2 aromatic rings. The number of rotatable bonds is 10. The molecular formula is C26H32O8. The highest BCUT2D eigenvalue weighted by molar-refractivity contribution is 5.81. The molecule has 0 aromatic heterocycles. The number of carbonyl (C=O) groups is 2. The zero-order chi connectivity index (χ0) is 24.8. The fourth-order valence-corrected chi connectivity index (χ4v) is 4.70. The summed E-state index contributed by atoms with van der Waals surface area (Å²) in [6.07, 6.45) is 0.0197. The summed E-state index contributed by atoms with van der Waals surface area (Å²) in [7, 11) is 5.82. The molecule has 184 valence electrons. The molecule has 0 saturated carbocycles. The van der Waals surface area contributed by atoms with Gasteiger partial charge in [-0.25, -0.2) is 0 Å². The molecule has 8 nitrogen and oxygen atoms in total. The molecule has 0 unspecified atom stereocenters. The molecule has 34 heavy (non-hydrogen) atoms. The number of carbonyl (C=O) groups excluding carboxylic acids is 2. The topological polar surface area (TPSA) is 89.5 Å². The third kappa shape index (κ3) is 4.76. The largest absolute Gasteiger partial charge is 0.493 e. The molecule has 0 spiro atoms. The maximum Gasteiger partial charge on any atom is 0.310 e. The van der Waals surface area contributed by atoms with Gasteiger partial charge in [0.05, 0.1) is 54.0 Å². The van der Waals surface area contributed by atoms with Crippen LogP contribution in [0.1, 0.15) is 48.8 Å². The predicted octanol–water partition coefficient (Wildman–Crippen LogP) is 4.08. The zero-order valence-corrected chi connectivity index (χ0v) is 20.5. The predicted molar refractivity (Wildman–Crippen MR) is 125 cm³/mol. The Labute approximate surface area is 200 Å². The molecule has 8 heteroatoms. The summed E-state index contributed by atoms with van der Waals surface area (Å²) in [6, 6.07) is 9.32. The molecule has 1 aliphatic carbocycles. The number of benzene rings is 2. The van der Waals surface area contributed by atoms with Gasteiger partial charge < -0.3 is 28.4 Å². The van der Waals surface area contributed by atoms with E-state index in [0.29, 0.717) is 36.2 Å². The summed E-state index contributed by atoms with van der Waals surface area (Å²) < 4.78 is 32.7. The Morgan fingerprint density at radius 1 is 0.765 bits per heavy atom. The first-order chi connectivity index (χ1) is 16.4. The van der Waals surface area contributed by atoms with Crippen LogP contribution >= 0.6 is 0 Å². The Morgan fingerprint density at radius 3 is 1.97 bits per heavy atom. The Hall–Kier alpha value is -3.42. The molecule has 0 saturated heterocycles. The summed E-state index contributed by atoms with van der Waals surface area (Å²) in [5.41, 5.74) is 2.51. The number of fused-ring (bicyclic) bond motifs is 1. The standard InChI is InChI=1S/C26H32O8/c1-7-33-19-10-9-15(11-20(19)29-3)24-17-13-21(30-4)22(34-8-2)12-16(17)18(14-23(27)31-5)25(24)26(28)32-6/h9-13,18,24-25H,7-8,14H2,1-6H3/t18-,24-,25-/m1/s1. The van der Waals surface area contributed by atoms with Gasteiger partial charge in [0.1, 0.15) is 0 Å². The third-order valence-electron chi connectivity index (χ3n) is 6.13. The molecule has 0 heterocycles. The summed E-state index contributed by atoms with van der Waals surface area (Å²) in [5.74, 6) is -0.116. The van der Waals surface area contributed by atoms with Crippen molar-refractivity contribution in [2.24, 2.45) is 5.92 Å². The smallest absolute Gasteiger partial charge is 0.310 e. The van der Waals surface area contributed by atoms with Crippen molar-refractivity contribution in [1.82, 2.24) is 0 Å². The normalized spacial score (nSPS) is 18.6. The Kier molecular flexibility index (Phi) is 8.26. The van der Waals surface area contributed by atoms with Gasteiger partial charge in [0.25, 0.3) is 0 Å². The SMILES string of the molecule is CCOc1ccc([C@@H]2c3cc(OC)c(OCC)cc3[C@@H](CC(=O)OC)[C@H]2C(=O)OC)cc1OC. The first kappa shape index (κ1) is 25.2. The number of esters is 2. The van der Waals surface area contributed by atoms with Crippen LogP contribution in [0.25, 0.3) is 0 Å². The van der Waals surface area contributed by atoms with Gasteiger partial charge in [-0.1, -0.05) is 6.07 Å². The van der Waals surface area contributed by atoms with Crippen LogP contribution in [0.4, 0.5) is 0 Å². The van der Waals surface area contributed by atoms with Crippen LogP contribution in [0.15, 0.2) is 30.3 Å². The molecular weight excluding hydrogens is 440 g/mol. The zero-order valence-electron chi connectivity index (χ0n) is 20.5. The number of methoxy groups -OCH3 is 4. The van der Waals surface area contributed by atoms with E-state index in [1.807, 2.05) is 44.2 Å². The van der Waals surface area contributed by atoms with Crippen LogP contribution in [0.5, 0.6) is 23.0 Å². The van der Waals surface area contributed by atoms with E-state index >= 15 is 0 Å². The van der Waals surface area contributed by atoms with Crippen LogP contribution in [0.3, 0.4) is 0 Å². The highest BCUT2D eigenvalue weighted by Gasteiger charge is 2.48. The first-order valence-electron chi connectivity index (χ1n) is 11.2. The highest BCUT2D eigenvalue weighted by Crippen LogP contribution is 2.55. The molecule has 0 N–H and O–H groups in total. The number of hydrogen-bond donors (Lipinski definition) is 0. The van der Waals surface area contributed by atoms with Crippen molar-refractivity contribution < 1.29 is 38.0 Å². The second-order valence-corrected chi connectivity index (χ2v) is 7.82. The summed E-state index contributed by atoms with van der Waals surface area (Å²) in [6.45, 7) is 4.71. The summed E-state index contributed by atoms with van der Waals surface area (Å²) in [5, 5.41) is 0. The molecule has 0 radical (unpaired) electrons. The molecule has 0 aliphatic heterocycles. The van der Waals surface area contributed by atoms with Gasteiger partial charge in [0, 0.05) is 11.8 Å². The molecule has 2 aromatic carbocycles. The van der Waals surface area contributed by atoms with Crippen LogP contribution < -0.4 is 18.9 Å². The van der Waals surface area contributed by atoms with E-state index in [-0.39, 0.29) is 6.42 Å². The minimum Gasteiger partial charge on any atom is -0.493 e. The number of ether oxygens (including phenoxy) is 6. The van der Waals surface area contributed by atoms with Crippen molar-refractivity contribution in [3.8, 4) is 23.0 Å². The maximum atomic E-state index is 13.1. The fourth-order valence-electron chi connectivity index (χ4n) is 4.70. The molecule has 0 amide bonds. The minimum atomic E-state index is -0.664. The van der Waals surface area contributed by atoms with E-state index in [2.05, 4.69) is 0 Å². The van der Waals surface area contributed by atoms with Gasteiger partial charge in [-0.3, -0.25) is 9.59 Å². The average Bonchev–Trinajstić information content (AvgIpc) is 3.16. The van der Waals surface area contributed by atoms with Gasteiger partial charge >= 0.3 is 11.9 Å². The monoisotopic (exact) mass is 472 g/mol. The quantitative estimate of drug-likeness (QED) is 0.478. The first-order valence-corrected chi connectivity index (χ1v) is 11.2. The van der Waals surface area contributed by atoms with E-state index in [4.69, 9.17) is 28.4 Å². The van der Waals surface area contributed by atoms with Crippen molar-refractivity contribution in [1.29, 1.82) is 0 Å². The molecule has 3 atom stereocenters. The second kappa shape index (κ2) is 11.1. The Balaban J connectivity index is 2.25. The summed E-state index contributed by atoms with van der Waals surface area (Å²) in [4.78, 5) is 25.5. The van der Waals surface area contributed by atoms with Gasteiger partial charge in [-0.15, -0.1) is 0 Å². The van der Waals surface area contributed by atoms with E-state index in [0.717, 1.165) is 16.7 Å². The lowest BCUT2D eigenvalue weighted by molar-refractivity contribution is -0.147. The van der Waals surface area contributed by atoms with Gasteiger partial charge in [-0.2, -0.15) is 0 Å². The second-order valence-electron chi connectivity index (χ2n) is 7.82. The highest BCUT2D eigenvalue weighted by atomic mass is 16.5. The van der Waals surface area contributed by atoms with E-state index in [1.54, 1.807) is 14.2 Å². The Morgan fingerprint density at radius 2 is 1.38 bits per heavy atom. The van der Waals surface area contributed by atoms with E-state index < -0.39 is 29.7 Å². The lowest BCUT2D eigenvalue weighted by atomic mass is 9.81. The van der Waals surface area contributed by atoms with Gasteiger partial charge in [0.2, 0.25) is 0 Å². The maximum absolute atomic E-state index is 13.1. The van der Waals surface area contributed by atoms with Gasteiger partial charge in [0.15, 0.2) is 23.0 Å². The Bertz CT molecular complexity index is 1030. The summed E-state index contributed by atoms with van der Waals surface area (Å²) >= 11 is 0. The molecule has 0 fully saturated rings. The minimum absolute atomic E-state index is 0.0197. The van der Waals surface area contributed by atoms with Crippen molar-refractivity contribution in [2.75, 3.05) is 41.7 Å². The number of hydrogen-bond acceptors (Lipinski definition) is 8. The fraction of sp³-hybridized carbons (Fsp3) is 0.462. The van der Waals surface area contributed by atoms with E-state index in [1.165, 1.54) is 14.2 Å². The van der Waals surface area contributed by atoms with Crippen molar-refractivity contribution in [2.45, 2.75) is 32.1 Å². The van der Waals surface area contributed by atoms with Gasteiger partial charge in [-0.05, 0) is 54.8 Å². The van der Waals surface area contributed by atoms with Crippen LogP contribution in [-0.2, 0) is 19.1 Å². The average molecular weight is 473 g/mol. The van der Waals surface area contributed by atoms with Crippen LogP contribution in [-0.4, -0.2) is 53.6 Å². The van der Waals surface area contributed by atoms with Crippen molar-refractivity contribution >= 4 is 11.9 Å². The lowest BCUT2D eigenvalue weighted by Crippen LogP contribution is -2.26. The molecule has 3 rings (SSSR count). The van der Waals surface area contributed by atoms with E-state index in [9.17, 15) is 9.59 Å². The van der Waals surface area contributed by atoms with Crippen LogP contribution in [0, 0.1) is 5.92 Å². The molecule has 1 aliphatic rings. The van der Waals surface area contributed by atoms with Crippen molar-refractivity contribution in [3.05, 3.63) is 47.0 Å².